The molecule has 2 rings (SSSR count). The summed E-state index contributed by atoms with van der Waals surface area (Å²) in [5, 5.41) is 3.45. The monoisotopic (exact) mass is 320 g/mol. The van der Waals surface area contributed by atoms with Gasteiger partial charge in [0.25, 0.3) is 0 Å². The van der Waals surface area contributed by atoms with Crippen molar-refractivity contribution in [2.45, 2.75) is 46.1 Å². The number of nitrogens with zero attached hydrogens (tertiary/aromatic N) is 1. The fourth-order valence-corrected chi connectivity index (χ4v) is 3.23. The van der Waals surface area contributed by atoms with Crippen LogP contribution < -0.4 is 14.8 Å². The summed E-state index contributed by atoms with van der Waals surface area (Å²) in [5.74, 6) is 1.73. The Morgan fingerprint density at radius 3 is 2.39 bits per heavy atom. The van der Waals surface area contributed by atoms with Gasteiger partial charge < -0.3 is 14.8 Å². The van der Waals surface area contributed by atoms with Gasteiger partial charge in [-0.1, -0.05) is 25.8 Å². The molecule has 1 N–H and O–H groups in total. The minimum atomic E-state index is 0.479. The summed E-state index contributed by atoms with van der Waals surface area (Å²) in [7, 11) is 0. The SMILES string of the molecule is CCCCC(c1ccc(OCC)c(OCC)c1)N1CCNCC1. The molecule has 0 radical (unpaired) electrons. The third-order valence-corrected chi connectivity index (χ3v) is 4.38. The van der Waals surface area contributed by atoms with Crippen LogP contribution in [0, 0.1) is 0 Å². The second-order valence-corrected chi connectivity index (χ2v) is 6.02. The lowest BCUT2D eigenvalue weighted by atomic mass is 9.98. The molecule has 1 aromatic rings. The molecule has 1 fully saturated rings. The molecule has 4 nitrogen and oxygen atoms in total. The van der Waals surface area contributed by atoms with E-state index in [9.17, 15) is 0 Å². The highest BCUT2D eigenvalue weighted by atomic mass is 16.5. The molecule has 23 heavy (non-hydrogen) atoms. The first-order chi connectivity index (χ1) is 11.3. The normalized spacial score (nSPS) is 17.0. The van der Waals surface area contributed by atoms with Crippen LogP contribution in [0.5, 0.6) is 11.5 Å². The van der Waals surface area contributed by atoms with Crippen LogP contribution in [0.25, 0.3) is 0 Å². The van der Waals surface area contributed by atoms with Crippen molar-refractivity contribution >= 4 is 0 Å². The van der Waals surface area contributed by atoms with Crippen LogP contribution in [0.1, 0.15) is 51.6 Å². The first-order valence-electron chi connectivity index (χ1n) is 9.14. The van der Waals surface area contributed by atoms with E-state index in [1.54, 1.807) is 0 Å². The molecule has 0 aliphatic carbocycles. The van der Waals surface area contributed by atoms with Gasteiger partial charge >= 0.3 is 0 Å². The van der Waals surface area contributed by atoms with Crippen molar-refractivity contribution in [3.63, 3.8) is 0 Å². The van der Waals surface area contributed by atoms with Gasteiger partial charge in [0.1, 0.15) is 0 Å². The Kier molecular flexibility index (Phi) is 7.69. The number of piperazine rings is 1. The molecule has 1 aliphatic heterocycles. The zero-order valence-corrected chi connectivity index (χ0v) is 14.9. The van der Waals surface area contributed by atoms with E-state index in [0.717, 1.165) is 37.7 Å². The maximum absolute atomic E-state index is 5.82. The third-order valence-electron chi connectivity index (χ3n) is 4.38. The summed E-state index contributed by atoms with van der Waals surface area (Å²) < 4.78 is 11.5. The van der Waals surface area contributed by atoms with Crippen LogP contribution in [0.3, 0.4) is 0 Å². The molecule has 130 valence electrons. The highest BCUT2D eigenvalue weighted by Gasteiger charge is 2.22. The largest absolute Gasteiger partial charge is 0.490 e. The van der Waals surface area contributed by atoms with Gasteiger partial charge in [-0.3, -0.25) is 4.90 Å². The zero-order valence-electron chi connectivity index (χ0n) is 14.9. The Morgan fingerprint density at radius 2 is 1.74 bits per heavy atom. The standard InChI is InChI=1S/C19H32N2O2/c1-4-7-8-17(21-13-11-20-12-14-21)16-9-10-18(22-5-2)19(15-16)23-6-3/h9-10,15,17,20H,4-8,11-14H2,1-3H3. The minimum Gasteiger partial charge on any atom is -0.490 e. The number of rotatable bonds is 9. The lowest BCUT2D eigenvalue weighted by Crippen LogP contribution is -2.45. The van der Waals surface area contributed by atoms with E-state index in [2.05, 4.69) is 35.3 Å². The molecule has 1 unspecified atom stereocenters. The van der Waals surface area contributed by atoms with E-state index in [4.69, 9.17) is 9.47 Å². The van der Waals surface area contributed by atoms with E-state index in [1.165, 1.54) is 24.8 Å². The molecule has 0 aromatic heterocycles. The fourth-order valence-electron chi connectivity index (χ4n) is 3.23. The first kappa shape index (κ1) is 18.1. The highest BCUT2D eigenvalue weighted by Crippen LogP contribution is 2.34. The van der Waals surface area contributed by atoms with Gasteiger partial charge in [0.2, 0.25) is 0 Å². The van der Waals surface area contributed by atoms with Gasteiger partial charge in [-0.2, -0.15) is 0 Å². The van der Waals surface area contributed by atoms with Gasteiger partial charge in [0.15, 0.2) is 11.5 Å². The van der Waals surface area contributed by atoms with Gasteiger partial charge in [-0.25, -0.2) is 0 Å². The van der Waals surface area contributed by atoms with Crippen LogP contribution in [0.2, 0.25) is 0 Å². The maximum Gasteiger partial charge on any atom is 0.161 e. The van der Waals surface area contributed by atoms with E-state index < -0.39 is 0 Å². The molecule has 0 bridgehead atoms. The molecule has 1 heterocycles. The third kappa shape index (κ3) is 5.11. The Hall–Kier alpha value is -1.26. The number of hydrogen-bond donors (Lipinski definition) is 1. The summed E-state index contributed by atoms with van der Waals surface area (Å²) in [4.78, 5) is 2.61. The number of nitrogens with one attached hydrogen (secondary N) is 1. The van der Waals surface area contributed by atoms with Crippen molar-refractivity contribution in [2.24, 2.45) is 0 Å². The number of benzene rings is 1. The number of hydrogen-bond acceptors (Lipinski definition) is 4. The molecule has 1 aliphatic rings. The first-order valence-corrected chi connectivity index (χ1v) is 9.14. The lowest BCUT2D eigenvalue weighted by molar-refractivity contribution is 0.162. The van der Waals surface area contributed by atoms with Crippen LogP contribution in [0.4, 0.5) is 0 Å². The minimum absolute atomic E-state index is 0.479. The van der Waals surface area contributed by atoms with Crippen LogP contribution >= 0.6 is 0 Å². The Balaban J connectivity index is 2.23. The van der Waals surface area contributed by atoms with Gasteiger partial charge in [-0.05, 0) is 38.0 Å². The second-order valence-electron chi connectivity index (χ2n) is 6.02. The molecule has 1 atom stereocenters. The Morgan fingerprint density at radius 1 is 1.04 bits per heavy atom. The number of unbranched alkanes of at least 4 members (excludes halogenated alkanes) is 1. The van der Waals surface area contributed by atoms with E-state index in [-0.39, 0.29) is 0 Å². The zero-order chi connectivity index (χ0) is 16.5. The van der Waals surface area contributed by atoms with Crippen LogP contribution in [-0.4, -0.2) is 44.3 Å². The van der Waals surface area contributed by atoms with Crippen molar-refractivity contribution in [1.82, 2.24) is 10.2 Å². The van der Waals surface area contributed by atoms with Gasteiger partial charge in [0, 0.05) is 32.2 Å². The molecule has 1 saturated heterocycles. The lowest BCUT2D eigenvalue weighted by Gasteiger charge is -2.35. The van der Waals surface area contributed by atoms with Crippen molar-refractivity contribution in [2.75, 3.05) is 39.4 Å². The Labute approximate surface area is 141 Å². The average Bonchev–Trinajstić information content (AvgIpc) is 2.59. The van der Waals surface area contributed by atoms with Crippen molar-refractivity contribution in [3.05, 3.63) is 23.8 Å². The van der Waals surface area contributed by atoms with E-state index in [0.29, 0.717) is 19.3 Å². The van der Waals surface area contributed by atoms with E-state index in [1.807, 2.05) is 13.8 Å². The van der Waals surface area contributed by atoms with Crippen molar-refractivity contribution < 1.29 is 9.47 Å². The number of ether oxygens (including phenoxy) is 2. The van der Waals surface area contributed by atoms with Crippen molar-refractivity contribution in [1.29, 1.82) is 0 Å². The second kappa shape index (κ2) is 9.78. The summed E-state index contributed by atoms with van der Waals surface area (Å²) in [6.45, 7) is 12.0. The summed E-state index contributed by atoms with van der Waals surface area (Å²) in [6, 6.07) is 6.96. The van der Waals surface area contributed by atoms with Crippen molar-refractivity contribution in [3.8, 4) is 11.5 Å². The molecule has 4 heteroatoms. The Bertz CT molecular complexity index is 459. The highest BCUT2D eigenvalue weighted by molar-refractivity contribution is 5.44. The summed E-state index contributed by atoms with van der Waals surface area (Å²) >= 11 is 0. The van der Waals surface area contributed by atoms with E-state index >= 15 is 0 Å². The topological polar surface area (TPSA) is 33.7 Å². The fraction of sp³-hybridized carbons (Fsp3) is 0.684. The smallest absolute Gasteiger partial charge is 0.161 e. The molecule has 0 saturated carbocycles. The predicted octanol–water partition coefficient (Wildman–Crippen LogP) is 3.62. The summed E-state index contributed by atoms with van der Waals surface area (Å²) in [6.07, 6.45) is 3.69. The molecular formula is C19H32N2O2. The molecule has 1 aromatic carbocycles. The molecular weight excluding hydrogens is 288 g/mol. The molecule has 0 amide bonds. The van der Waals surface area contributed by atoms with Gasteiger partial charge in [-0.15, -0.1) is 0 Å². The average molecular weight is 320 g/mol. The van der Waals surface area contributed by atoms with Crippen LogP contribution in [-0.2, 0) is 0 Å². The molecule has 0 spiro atoms. The predicted molar refractivity (Wildman–Crippen MR) is 95.5 cm³/mol. The summed E-state index contributed by atoms with van der Waals surface area (Å²) in [5.41, 5.74) is 1.35. The quantitative estimate of drug-likeness (QED) is 0.753. The maximum atomic E-state index is 5.82. The van der Waals surface area contributed by atoms with Crippen LogP contribution in [0.15, 0.2) is 18.2 Å². The van der Waals surface area contributed by atoms with Gasteiger partial charge in [0.05, 0.1) is 13.2 Å².